The minimum Gasteiger partial charge on any atom is -0.452 e. The second kappa shape index (κ2) is 7.59. The van der Waals surface area contributed by atoms with Gasteiger partial charge in [0.2, 0.25) is 10.0 Å². The summed E-state index contributed by atoms with van der Waals surface area (Å²) in [5.74, 6) is -1.08. The van der Waals surface area contributed by atoms with Gasteiger partial charge in [-0.1, -0.05) is 12.2 Å². The first-order valence-corrected chi connectivity index (χ1v) is 9.11. The number of ether oxygens (including phenoxy) is 1. The van der Waals surface area contributed by atoms with E-state index >= 15 is 0 Å². The Kier molecular flexibility index (Phi) is 5.74. The summed E-state index contributed by atoms with van der Waals surface area (Å²) in [5, 5.41) is 7.57. The van der Waals surface area contributed by atoms with Crippen molar-refractivity contribution >= 4 is 27.6 Å². The van der Waals surface area contributed by atoms with E-state index < -0.39 is 22.0 Å². The van der Waals surface area contributed by atoms with Gasteiger partial charge in [0.05, 0.1) is 10.8 Å². The molecule has 0 fully saturated rings. The Bertz CT molecular complexity index is 740. The van der Waals surface area contributed by atoms with Crippen LogP contribution < -0.4 is 10.5 Å². The molecule has 2 rings (SSSR count). The third-order valence-corrected chi connectivity index (χ3v) is 4.64. The maximum Gasteiger partial charge on any atom is 0.310 e. The van der Waals surface area contributed by atoms with Gasteiger partial charge in [-0.05, 0) is 50.5 Å². The molecule has 0 spiro atoms. The summed E-state index contributed by atoms with van der Waals surface area (Å²) in [4.78, 5) is 24.0. The first-order valence-electron chi connectivity index (χ1n) is 7.56. The average Bonchev–Trinajstić information content (AvgIpc) is 2.55. The molecule has 0 heterocycles. The van der Waals surface area contributed by atoms with Gasteiger partial charge in [-0.3, -0.25) is 9.59 Å². The number of amides is 1. The minimum absolute atomic E-state index is 0.0506. The van der Waals surface area contributed by atoms with Crippen molar-refractivity contribution in [3.63, 3.8) is 0 Å². The van der Waals surface area contributed by atoms with E-state index in [1.807, 2.05) is 12.2 Å². The monoisotopic (exact) mass is 352 g/mol. The van der Waals surface area contributed by atoms with E-state index in [9.17, 15) is 18.0 Å². The number of benzene rings is 1. The van der Waals surface area contributed by atoms with Gasteiger partial charge in [0.15, 0.2) is 6.10 Å². The van der Waals surface area contributed by atoms with Gasteiger partial charge in [0.1, 0.15) is 0 Å². The molecule has 0 unspecified atom stereocenters. The highest BCUT2D eigenvalue weighted by Crippen LogP contribution is 2.20. The summed E-state index contributed by atoms with van der Waals surface area (Å²) in [6, 6.07) is 5.40. The average molecular weight is 352 g/mol. The van der Waals surface area contributed by atoms with E-state index in [2.05, 4.69) is 5.32 Å². The Balaban J connectivity index is 1.91. The summed E-state index contributed by atoms with van der Waals surface area (Å²) in [7, 11) is -3.78. The Hall–Kier alpha value is -2.19. The van der Waals surface area contributed by atoms with Crippen LogP contribution in [0, 0.1) is 5.92 Å². The van der Waals surface area contributed by atoms with Crippen molar-refractivity contribution in [2.24, 2.45) is 11.1 Å². The number of sulfonamides is 1. The molecular formula is C16H20N2O5S. The molecule has 1 aliphatic rings. The second-order valence-electron chi connectivity index (χ2n) is 5.62. The molecule has 1 aliphatic carbocycles. The van der Waals surface area contributed by atoms with E-state index in [4.69, 9.17) is 9.88 Å². The molecule has 3 N–H and O–H groups in total. The van der Waals surface area contributed by atoms with Gasteiger partial charge >= 0.3 is 5.97 Å². The van der Waals surface area contributed by atoms with Crippen molar-refractivity contribution in [2.45, 2.75) is 37.2 Å². The Labute approximate surface area is 140 Å². The molecular weight excluding hydrogens is 332 g/mol. The molecule has 0 aliphatic heterocycles. The molecule has 0 radical (unpaired) electrons. The van der Waals surface area contributed by atoms with Gasteiger partial charge in [-0.25, -0.2) is 13.6 Å². The van der Waals surface area contributed by atoms with E-state index in [0.717, 1.165) is 12.8 Å². The molecule has 130 valence electrons. The summed E-state index contributed by atoms with van der Waals surface area (Å²) < 4.78 is 27.5. The fourth-order valence-electron chi connectivity index (χ4n) is 2.30. The zero-order valence-corrected chi connectivity index (χ0v) is 14.1. The fourth-order valence-corrected chi connectivity index (χ4v) is 2.82. The Morgan fingerprint density at radius 3 is 2.46 bits per heavy atom. The van der Waals surface area contributed by atoms with Crippen molar-refractivity contribution in [1.29, 1.82) is 0 Å². The van der Waals surface area contributed by atoms with E-state index in [-0.39, 0.29) is 16.8 Å². The van der Waals surface area contributed by atoms with Gasteiger partial charge in [0.25, 0.3) is 5.91 Å². The summed E-state index contributed by atoms with van der Waals surface area (Å²) >= 11 is 0. The van der Waals surface area contributed by atoms with Crippen LogP contribution in [0.3, 0.4) is 0 Å². The molecule has 8 heteroatoms. The number of hydrogen-bond donors (Lipinski definition) is 2. The zero-order chi connectivity index (χ0) is 17.7. The van der Waals surface area contributed by atoms with Crippen molar-refractivity contribution in [2.75, 3.05) is 5.32 Å². The van der Waals surface area contributed by atoms with Crippen LogP contribution in [0.1, 0.15) is 26.2 Å². The normalized spacial score (nSPS) is 18.7. The lowest BCUT2D eigenvalue weighted by molar-refractivity contribution is -0.157. The van der Waals surface area contributed by atoms with Gasteiger partial charge in [0, 0.05) is 5.69 Å². The predicted molar refractivity (Wildman–Crippen MR) is 88.5 cm³/mol. The molecule has 0 saturated heterocycles. The van der Waals surface area contributed by atoms with E-state index in [1.165, 1.54) is 31.2 Å². The molecule has 0 saturated carbocycles. The highest BCUT2D eigenvalue weighted by Gasteiger charge is 2.25. The topological polar surface area (TPSA) is 116 Å². The molecule has 0 bridgehead atoms. The maximum absolute atomic E-state index is 12.1. The van der Waals surface area contributed by atoms with Gasteiger partial charge in [-0.2, -0.15) is 0 Å². The standard InChI is InChI=1S/C16H20N2O5S/c1-11(23-16(20)12-5-3-2-4-6-12)15(19)18-13-7-9-14(10-8-13)24(17,21)22/h2-3,7-12H,4-6H2,1H3,(H,18,19)(H2,17,21,22)/t11-,12-/m1/s1. The van der Waals surface area contributed by atoms with Crippen LogP contribution >= 0.6 is 0 Å². The highest BCUT2D eigenvalue weighted by molar-refractivity contribution is 7.89. The van der Waals surface area contributed by atoms with Crippen LogP contribution in [0.4, 0.5) is 5.69 Å². The third-order valence-electron chi connectivity index (χ3n) is 3.71. The number of nitrogens with one attached hydrogen (secondary N) is 1. The molecule has 24 heavy (non-hydrogen) atoms. The summed E-state index contributed by atoms with van der Waals surface area (Å²) in [5.41, 5.74) is 0.385. The van der Waals surface area contributed by atoms with Crippen LogP contribution in [-0.4, -0.2) is 26.4 Å². The number of esters is 1. The zero-order valence-electron chi connectivity index (χ0n) is 13.3. The van der Waals surface area contributed by atoms with Crippen LogP contribution in [0.2, 0.25) is 0 Å². The maximum atomic E-state index is 12.1. The number of carbonyl (C=O) groups excluding carboxylic acids is 2. The van der Waals surface area contributed by atoms with Gasteiger partial charge < -0.3 is 10.1 Å². The molecule has 2 atom stereocenters. The smallest absolute Gasteiger partial charge is 0.310 e. The lowest BCUT2D eigenvalue weighted by Crippen LogP contribution is -2.32. The number of carbonyl (C=O) groups is 2. The predicted octanol–water partition coefficient (Wildman–Crippen LogP) is 1.56. The van der Waals surface area contributed by atoms with Crippen molar-refractivity contribution in [1.82, 2.24) is 0 Å². The number of nitrogens with two attached hydrogens (primary N) is 1. The fraction of sp³-hybridized carbons (Fsp3) is 0.375. The van der Waals surface area contributed by atoms with Crippen LogP contribution in [0.5, 0.6) is 0 Å². The summed E-state index contributed by atoms with van der Waals surface area (Å²) in [6.45, 7) is 1.49. The SMILES string of the molecule is C[C@@H](OC(=O)[C@@H]1CC=CCC1)C(=O)Nc1ccc(S(N)(=O)=O)cc1. The van der Waals surface area contributed by atoms with Crippen LogP contribution in [-0.2, 0) is 24.3 Å². The van der Waals surface area contributed by atoms with E-state index in [1.54, 1.807) is 0 Å². The van der Waals surface area contributed by atoms with E-state index in [0.29, 0.717) is 12.1 Å². The largest absolute Gasteiger partial charge is 0.452 e. The number of primary sulfonamides is 1. The second-order valence-corrected chi connectivity index (χ2v) is 7.18. The Morgan fingerprint density at radius 1 is 1.25 bits per heavy atom. The number of hydrogen-bond acceptors (Lipinski definition) is 5. The van der Waals surface area contributed by atoms with Gasteiger partial charge in [-0.15, -0.1) is 0 Å². The number of rotatable bonds is 5. The third kappa shape index (κ3) is 4.90. The molecule has 7 nitrogen and oxygen atoms in total. The Morgan fingerprint density at radius 2 is 1.92 bits per heavy atom. The lowest BCUT2D eigenvalue weighted by atomic mass is 9.95. The van der Waals surface area contributed by atoms with Crippen molar-refractivity contribution in [3.05, 3.63) is 36.4 Å². The highest BCUT2D eigenvalue weighted by atomic mass is 32.2. The quantitative estimate of drug-likeness (QED) is 0.616. The molecule has 1 aromatic rings. The summed E-state index contributed by atoms with van der Waals surface area (Å²) in [6.07, 6.45) is 5.19. The lowest BCUT2D eigenvalue weighted by Gasteiger charge is -2.19. The molecule has 1 amide bonds. The molecule has 0 aromatic heterocycles. The van der Waals surface area contributed by atoms with Crippen molar-refractivity contribution in [3.8, 4) is 0 Å². The van der Waals surface area contributed by atoms with Crippen LogP contribution in [0.25, 0.3) is 0 Å². The van der Waals surface area contributed by atoms with Crippen LogP contribution in [0.15, 0.2) is 41.3 Å². The minimum atomic E-state index is -3.78. The first kappa shape index (κ1) is 18.2. The number of anilines is 1. The molecule has 1 aromatic carbocycles. The first-order chi connectivity index (χ1) is 11.3. The van der Waals surface area contributed by atoms with Crippen molar-refractivity contribution < 1.29 is 22.7 Å². The number of allylic oxidation sites excluding steroid dienone is 2.